The van der Waals surface area contributed by atoms with Gasteiger partial charge in [0.1, 0.15) is 18.0 Å². The molecule has 0 unspecified atom stereocenters. The molecule has 0 fully saturated rings. The van der Waals surface area contributed by atoms with Gasteiger partial charge in [-0.05, 0) is 31.5 Å². The third kappa shape index (κ3) is 9.51. The molecule has 0 heterocycles. The van der Waals surface area contributed by atoms with Gasteiger partial charge in [0.15, 0.2) is 0 Å². The first-order valence-corrected chi connectivity index (χ1v) is 11.1. The zero-order valence-corrected chi connectivity index (χ0v) is 17.8. The fourth-order valence-electron chi connectivity index (χ4n) is 2.44. The van der Waals surface area contributed by atoms with Crippen LogP contribution in [0.4, 0.5) is 0 Å². The number of methoxy groups -OCH3 is 1. The molecule has 8 heteroatoms. The van der Waals surface area contributed by atoms with Gasteiger partial charge in [0.25, 0.3) is 0 Å². The van der Waals surface area contributed by atoms with Crippen LogP contribution in [-0.2, 0) is 34.5 Å². The number of carbonyl (C=O) groups is 1. The standard InChI is InChI=1S/C20H31O7P/c1-5-8-19(27-20(21)16-28(22,25-6-2)26-7-3)13-14-24-15-17-9-11-18(23-4)12-10-17/h5,9-12,19H,1,6-8,13-16H2,2-4H3/t19-/m0/s1. The molecule has 0 N–H and O–H groups in total. The number of hydrogen-bond donors (Lipinski definition) is 0. The van der Waals surface area contributed by atoms with Crippen molar-refractivity contribution in [1.29, 1.82) is 0 Å². The topological polar surface area (TPSA) is 80.3 Å². The summed E-state index contributed by atoms with van der Waals surface area (Å²) in [4.78, 5) is 12.2. The molecule has 158 valence electrons. The Balaban J connectivity index is 2.45. The van der Waals surface area contributed by atoms with Gasteiger partial charge < -0.3 is 23.3 Å². The van der Waals surface area contributed by atoms with Crippen LogP contribution in [-0.4, -0.2) is 45.2 Å². The Morgan fingerprint density at radius 3 is 2.36 bits per heavy atom. The van der Waals surface area contributed by atoms with Gasteiger partial charge in [0.2, 0.25) is 0 Å². The van der Waals surface area contributed by atoms with Gasteiger partial charge in [0.05, 0.1) is 33.5 Å². The van der Waals surface area contributed by atoms with E-state index in [1.165, 1.54) is 0 Å². The minimum absolute atomic E-state index is 0.194. The first-order chi connectivity index (χ1) is 13.5. The third-order valence-corrected chi connectivity index (χ3v) is 5.66. The maximum absolute atomic E-state index is 12.4. The van der Waals surface area contributed by atoms with Crippen LogP contribution in [0.25, 0.3) is 0 Å². The second kappa shape index (κ2) is 13.5. The van der Waals surface area contributed by atoms with E-state index in [1.54, 1.807) is 27.0 Å². The van der Waals surface area contributed by atoms with Gasteiger partial charge in [-0.2, -0.15) is 0 Å². The van der Waals surface area contributed by atoms with E-state index in [0.29, 0.717) is 26.1 Å². The van der Waals surface area contributed by atoms with Crippen LogP contribution in [0.5, 0.6) is 5.75 Å². The lowest BCUT2D eigenvalue weighted by Crippen LogP contribution is -2.22. The van der Waals surface area contributed by atoms with Crippen LogP contribution in [0.2, 0.25) is 0 Å². The molecule has 7 nitrogen and oxygen atoms in total. The largest absolute Gasteiger partial charge is 0.497 e. The molecule has 0 spiro atoms. The Hall–Kier alpha value is -1.66. The Bertz CT molecular complexity index is 620. The minimum atomic E-state index is -3.47. The highest BCUT2D eigenvalue weighted by Crippen LogP contribution is 2.47. The van der Waals surface area contributed by atoms with Crippen molar-refractivity contribution in [3.63, 3.8) is 0 Å². The lowest BCUT2D eigenvalue weighted by atomic mass is 10.2. The lowest BCUT2D eigenvalue weighted by molar-refractivity contribution is -0.146. The van der Waals surface area contributed by atoms with E-state index in [9.17, 15) is 9.36 Å². The summed E-state index contributed by atoms with van der Waals surface area (Å²) < 4.78 is 38.9. The normalized spacial score (nSPS) is 12.4. The predicted octanol–water partition coefficient (Wildman–Crippen LogP) is 4.36. The zero-order chi connectivity index (χ0) is 20.8. The molecule has 0 radical (unpaired) electrons. The van der Waals surface area contributed by atoms with Crippen molar-refractivity contribution in [2.45, 2.75) is 39.4 Å². The molecule has 0 aliphatic rings. The molecule has 0 amide bonds. The van der Waals surface area contributed by atoms with E-state index < -0.39 is 25.8 Å². The molecular formula is C20H31O7P. The van der Waals surface area contributed by atoms with Crippen LogP contribution in [0, 0.1) is 0 Å². The average molecular weight is 414 g/mol. The second-order valence-electron chi connectivity index (χ2n) is 5.93. The maximum atomic E-state index is 12.4. The predicted molar refractivity (Wildman–Crippen MR) is 108 cm³/mol. The molecule has 1 atom stereocenters. The summed E-state index contributed by atoms with van der Waals surface area (Å²) in [6, 6.07) is 7.60. The average Bonchev–Trinajstić information content (AvgIpc) is 2.65. The molecule has 0 saturated heterocycles. The number of benzene rings is 1. The summed E-state index contributed by atoms with van der Waals surface area (Å²) >= 11 is 0. The van der Waals surface area contributed by atoms with Gasteiger partial charge in [-0.15, -0.1) is 6.58 Å². The Kier molecular flexibility index (Phi) is 11.8. The van der Waals surface area contributed by atoms with E-state index in [0.717, 1.165) is 11.3 Å². The summed E-state index contributed by atoms with van der Waals surface area (Å²) in [5.74, 6) is 0.172. The molecule has 0 saturated carbocycles. The van der Waals surface area contributed by atoms with E-state index in [-0.39, 0.29) is 13.2 Å². The van der Waals surface area contributed by atoms with Crippen LogP contribution in [0.1, 0.15) is 32.3 Å². The summed E-state index contributed by atoms with van der Waals surface area (Å²) in [6.45, 7) is 8.31. The molecule has 1 aromatic rings. The van der Waals surface area contributed by atoms with Crippen molar-refractivity contribution >= 4 is 13.6 Å². The summed E-state index contributed by atoms with van der Waals surface area (Å²) in [7, 11) is -1.85. The second-order valence-corrected chi connectivity index (χ2v) is 7.98. The van der Waals surface area contributed by atoms with E-state index in [2.05, 4.69) is 6.58 Å². The monoisotopic (exact) mass is 414 g/mol. The van der Waals surface area contributed by atoms with Crippen molar-refractivity contribution in [1.82, 2.24) is 0 Å². The van der Waals surface area contributed by atoms with E-state index >= 15 is 0 Å². The maximum Gasteiger partial charge on any atom is 0.341 e. The number of ether oxygens (including phenoxy) is 3. The summed E-state index contributed by atoms with van der Waals surface area (Å²) in [5.41, 5.74) is 1.02. The van der Waals surface area contributed by atoms with E-state index in [1.807, 2.05) is 24.3 Å². The van der Waals surface area contributed by atoms with Gasteiger partial charge in [-0.1, -0.05) is 18.2 Å². The minimum Gasteiger partial charge on any atom is -0.497 e. The molecule has 1 rings (SSSR count). The lowest BCUT2D eigenvalue weighted by Gasteiger charge is -2.20. The van der Waals surface area contributed by atoms with Crippen LogP contribution in [0.15, 0.2) is 36.9 Å². The van der Waals surface area contributed by atoms with Gasteiger partial charge in [-0.3, -0.25) is 9.36 Å². The quantitative estimate of drug-likeness (QED) is 0.183. The molecule has 28 heavy (non-hydrogen) atoms. The highest BCUT2D eigenvalue weighted by Gasteiger charge is 2.29. The Labute approximate surface area is 167 Å². The third-order valence-electron chi connectivity index (χ3n) is 3.71. The molecular weight excluding hydrogens is 383 g/mol. The van der Waals surface area contributed by atoms with E-state index in [4.69, 9.17) is 23.3 Å². The van der Waals surface area contributed by atoms with Crippen LogP contribution >= 0.6 is 7.60 Å². The Morgan fingerprint density at radius 1 is 1.18 bits per heavy atom. The van der Waals surface area contributed by atoms with Crippen molar-refractivity contribution in [3.05, 3.63) is 42.5 Å². The fourth-order valence-corrected chi connectivity index (χ4v) is 3.88. The zero-order valence-electron chi connectivity index (χ0n) is 16.9. The fraction of sp³-hybridized carbons (Fsp3) is 0.550. The molecule has 0 aliphatic heterocycles. The first-order valence-electron chi connectivity index (χ1n) is 9.35. The van der Waals surface area contributed by atoms with Crippen LogP contribution in [0.3, 0.4) is 0 Å². The SMILES string of the molecule is C=CC[C@@H](CCOCc1ccc(OC)cc1)OC(=O)CP(=O)(OCC)OCC. The molecule has 0 aromatic heterocycles. The van der Waals surface area contributed by atoms with Crippen molar-refractivity contribution in [3.8, 4) is 5.75 Å². The molecule has 1 aromatic carbocycles. The highest BCUT2D eigenvalue weighted by atomic mass is 31.2. The van der Waals surface area contributed by atoms with Crippen molar-refractivity contribution in [2.75, 3.05) is 33.1 Å². The van der Waals surface area contributed by atoms with Gasteiger partial charge in [-0.25, -0.2) is 0 Å². The molecule has 0 bridgehead atoms. The van der Waals surface area contributed by atoms with Crippen molar-refractivity contribution < 1.29 is 32.6 Å². The van der Waals surface area contributed by atoms with Gasteiger partial charge >= 0.3 is 13.6 Å². The first kappa shape index (κ1) is 24.4. The molecule has 0 aliphatic carbocycles. The number of esters is 1. The van der Waals surface area contributed by atoms with Crippen LogP contribution < -0.4 is 4.74 Å². The number of rotatable bonds is 15. The highest BCUT2D eigenvalue weighted by molar-refractivity contribution is 7.54. The summed E-state index contributed by atoms with van der Waals surface area (Å²) in [6.07, 6.45) is 1.84. The smallest absolute Gasteiger partial charge is 0.341 e. The van der Waals surface area contributed by atoms with Gasteiger partial charge in [0, 0.05) is 12.8 Å². The number of hydrogen-bond acceptors (Lipinski definition) is 7. The number of carbonyl (C=O) groups excluding carboxylic acids is 1. The summed E-state index contributed by atoms with van der Waals surface area (Å²) in [5, 5.41) is 0. The van der Waals surface area contributed by atoms with Crippen molar-refractivity contribution in [2.24, 2.45) is 0 Å². The Morgan fingerprint density at radius 2 is 1.82 bits per heavy atom.